The first-order valence-corrected chi connectivity index (χ1v) is 24.6. The van der Waals surface area contributed by atoms with Gasteiger partial charge < -0.3 is 36.1 Å². The molecular formula is C52H46N6O11S2. The number of carbonyl (C=O) groups is 3. The van der Waals surface area contributed by atoms with Crippen LogP contribution in [0.5, 0.6) is 0 Å². The second kappa shape index (κ2) is 19.2. The predicted molar refractivity (Wildman–Crippen MR) is 273 cm³/mol. The van der Waals surface area contributed by atoms with Gasteiger partial charge in [0.25, 0.3) is 20.2 Å². The van der Waals surface area contributed by atoms with Gasteiger partial charge in [0.15, 0.2) is 0 Å². The Morgan fingerprint density at radius 2 is 1.21 bits per heavy atom. The van der Waals surface area contributed by atoms with Gasteiger partial charge in [0.05, 0.1) is 33.7 Å². The van der Waals surface area contributed by atoms with E-state index < -0.39 is 43.2 Å². The highest BCUT2D eigenvalue weighted by atomic mass is 32.2. The molecule has 6 aromatic carbocycles. The predicted octanol–water partition coefficient (Wildman–Crippen LogP) is 11.5. The third-order valence-corrected chi connectivity index (χ3v) is 14.0. The van der Waals surface area contributed by atoms with Crippen molar-refractivity contribution in [2.24, 2.45) is 4.99 Å². The van der Waals surface area contributed by atoms with Gasteiger partial charge in [0.2, 0.25) is 0 Å². The molecule has 0 atom stereocenters. The highest BCUT2D eigenvalue weighted by molar-refractivity contribution is 7.86. The molecular weight excluding hydrogens is 949 g/mol. The standard InChI is InChI=1S/C52H46N6O11S2/c1-27-24-28(2)46(57-51(61)55-33-14-8-7-9-15-33)29(3)45(27)53-34-20-22-37-41(25-34)69-42-26-35(21-23-38(42)44(37)39-17-11-13-19-43(39)70(63,64)65)54-47-30(4)48(32(6)49(31(47)5)71(66,67)68)58-52(62)56-40-18-12-10-16-36(40)50(59)60/h7-26,53H,1-6H3,(H,59,60)(H2,55,57,61)(H2,56,58,62)(H,63,64,65)(H,66,67,68)/b54-35+. The van der Waals surface area contributed by atoms with Crippen LogP contribution in [-0.2, 0) is 20.2 Å². The monoisotopic (exact) mass is 994 g/mol. The Kier molecular flexibility index (Phi) is 13.3. The fourth-order valence-corrected chi connectivity index (χ4v) is 10.5. The number of para-hydroxylation sites is 2. The second-order valence-corrected chi connectivity index (χ2v) is 19.5. The summed E-state index contributed by atoms with van der Waals surface area (Å²) >= 11 is 0. The minimum absolute atomic E-state index is 0.00766. The number of rotatable bonds is 11. The molecule has 4 amide bonds. The normalized spacial score (nSPS) is 11.9. The molecule has 19 heteroatoms. The molecule has 0 bridgehead atoms. The molecule has 0 unspecified atom stereocenters. The van der Waals surface area contributed by atoms with E-state index in [9.17, 15) is 45.4 Å². The average Bonchev–Trinajstić information content (AvgIpc) is 3.30. The van der Waals surface area contributed by atoms with Gasteiger partial charge in [-0.2, -0.15) is 16.8 Å². The number of hydrogen-bond acceptors (Lipinski definition) is 10. The lowest BCUT2D eigenvalue weighted by Crippen LogP contribution is -2.23. The quantitative estimate of drug-likeness (QED) is 0.0444. The maximum absolute atomic E-state index is 13.4. The number of nitrogens with zero attached hydrogens (tertiary/aromatic N) is 1. The zero-order valence-corrected chi connectivity index (χ0v) is 40.6. The number of carboxylic acid groups (broad SMARTS) is 1. The summed E-state index contributed by atoms with van der Waals surface area (Å²) in [5.74, 6) is -1.09. The van der Waals surface area contributed by atoms with E-state index in [1.54, 1.807) is 67.6 Å². The summed E-state index contributed by atoms with van der Waals surface area (Å²) in [5.41, 5.74) is 6.35. The van der Waals surface area contributed by atoms with Crippen molar-refractivity contribution in [1.29, 1.82) is 0 Å². The highest BCUT2D eigenvalue weighted by Gasteiger charge is 2.27. The van der Waals surface area contributed by atoms with E-state index in [0.29, 0.717) is 44.8 Å². The van der Waals surface area contributed by atoms with Crippen molar-refractivity contribution in [3.05, 3.63) is 166 Å². The zero-order chi connectivity index (χ0) is 51.1. The number of carbonyl (C=O) groups excluding carboxylic acids is 2. The van der Waals surface area contributed by atoms with Gasteiger partial charge in [0, 0.05) is 51.3 Å². The Bertz CT molecular complexity index is 3780. The molecule has 1 heterocycles. The summed E-state index contributed by atoms with van der Waals surface area (Å²) in [7, 11) is -9.67. The lowest BCUT2D eigenvalue weighted by atomic mass is 9.93. The van der Waals surface area contributed by atoms with Crippen LogP contribution in [0.2, 0.25) is 0 Å². The number of urea groups is 2. The van der Waals surface area contributed by atoms with Gasteiger partial charge in [-0.15, -0.1) is 0 Å². The third-order valence-electron chi connectivity index (χ3n) is 11.9. The van der Waals surface area contributed by atoms with Crippen molar-refractivity contribution < 1.29 is 49.8 Å². The summed E-state index contributed by atoms with van der Waals surface area (Å²) in [6, 6.07) is 31.3. The Hall–Kier alpha value is -8.36. The van der Waals surface area contributed by atoms with Crippen LogP contribution in [0.4, 0.5) is 49.4 Å². The van der Waals surface area contributed by atoms with Crippen molar-refractivity contribution in [2.45, 2.75) is 51.3 Å². The van der Waals surface area contributed by atoms with Gasteiger partial charge in [-0.1, -0.05) is 54.6 Å². The molecule has 0 spiro atoms. The maximum Gasteiger partial charge on any atom is 0.337 e. The zero-order valence-electron chi connectivity index (χ0n) is 38.9. The van der Waals surface area contributed by atoms with Crippen LogP contribution in [0.25, 0.3) is 33.4 Å². The van der Waals surface area contributed by atoms with E-state index in [1.807, 2.05) is 45.0 Å². The van der Waals surface area contributed by atoms with E-state index in [-0.39, 0.29) is 60.9 Å². The third kappa shape index (κ3) is 10.1. The average molecular weight is 995 g/mol. The molecule has 8 N–H and O–H groups in total. The van der Waals surface area contributed by atoms with Crippen molar-refractivity contribution in [3.8, 4) is 22.5 Å². The number of nitrogens with one attached hydrogen (secondary N) is 5. The molecule has 6 aromatic rings. The molecule has 71 heavy (non-hydrogen) atoms. The number of hydrogen-bond donors (Lipinski definition) is 8. The fraction of sp³-hybridized carbons (Fsp3) is 0.115. The van der Waals surface area contributed by atoms with E-state index in [2.05, 4.69) is 26.6 Å². The van der Waals surface area contributed by atoms with Gasteiger partial charge in [-0.05, 0) is 130 Å². The lowest BCUT2D eigenvalue weighted by molar-refractivity contribution is 0.0698. The number of carboxylic acids is 1. The van der Waals surface area contributed by atoms with Crippen LogP contribution in [0.15, 0.2) is 141 Å². The summed E-state index contributed by atoms with van der Waals surface area (Å²) in [4.78, 5) is 42.3. The smallest absolute Gasteiger partial charge is 0.337 e. The Morgan fingerprint density at radius 1 is 0.563 bits per heavy atom. The van der Waals surface area contributed by atoms with E-state index in [0.717, 1.165) is 16.7 Å². The molecule has 0 aromatic heterocycles. The number of anilines is 6. The largest absolute Gasteiger partial charge is 0.478 e. The molecule has 0 saturated carbocycles. The maximum atomic E-state index is 13.4. The number of aryl methyl sites for hydroxylation is 2. The summed E-state index contributed by atoms with van der Waals surface area (Å²) in [6.07, 6.45) is 0. The molecule has 362 valence electrons. The molecule has 0 radical (unpaired) electrons. The minimum Gasteiger partial charge on any atom is -0.478 e. The Balaban J connectivity index is 1.26. The Morgan fingerprint density at radius 3 is 1.92 bits per heavy atom. The van der Waals surface area contributed by atoms with Gasteiger partial charge in [0.1, 0.15) is 21.1 Å². The number of aromatic carboxylic acids is 1. The van der Waals surface area contributed by atoms with Crippen LogP contribution in [0.3, 0.4) is 0 Å². The van der Waals surface area contributed by atoms with Crippen molar-refractivity contribution in [2.75, 3.05) is 26.6 Å². The molecule has 0 saturated heterocycles. The molecule has 1 aliphatic carbocycles. The molecule has 17 nitrogen and oxygen atoms in total. The number of fused-ring (bicyclic) bond motifs is 2. The fourth-order valence-electron chi connectivity index (χ4n) is 8.83. The second-order valence-electron chi connectivity index (χ2n) is 16.7. The van der Waals surface area contributed by atoms with Gasteiger partial charge >= 0.3 is 18.0 Å². The lowest BCUT2D eigenvalue weighted by Gasteiger charge is -2.21. The number of benzene rings is 7. The first-order valence-electron chi connectivity index (χ1n) is 21.8. The van der Waals surface area contributed by atoms with Gasteiger partial charge in [-0.3, -0.25) is 9.11 Å². The van der Waals surface area contributed by atoms with Gasteiger partial charge in [-0.25, -0.2) is 19.4 Å². The van der Waals surface area contributed by atoms with Crippen LogP contribution >= 0.6 is 0 Å². The molecule has 8 rings (SSSR count). The SMILES string of the molecule is Cc1cc(C)c(Nc2ccc3c(-c4ccccc4S(=O)(=O)O)c4cc/c(=N\c5c(C)c(NC(=O)Nc6ccccc6C(=O)O)c(C)c(S(=O)(=O)O)c5C)cc-4oc3c2)c(C)c1NC(=O)Nc1ccccc1. The van der Waals surface area contributed by atoms with Crippen LogP contribution in [-0.4, -0.2) is 49.1 Å². The van der Waals surface area contributed by atoms with Crippen molar-refractivity contribution >= 4 is 89.0 Å². The summed E-state index contributed by atoms with van der Waals surface area (Å²) in [5, 5.41) is 24.7. The molecule has 2 aliphatic rings. The molecule has 1 aliphatic heterocycles. The van der Waals surface area contributed by atoms with Crippen LogP contribution in [0.1, 0.15) is 43.7 Å². The van der Waals surface area contributed by atoms with Crippen LogP contribution in [0, 0.1) is 41.5 Å². The van der Waals surface area contributed by atoms with E-state index in [1.165, 1.54) is 50.2 Å². The van der Waals surface area contributed by atoms with E-state index in [4.69, 9.17) is 9.41 Å². The first kappa shape index (κ1) is 49.1. The number of amides is 4. The van der Waals surface area contributed by atoms with E-state index >= 15 is 0 Å². The van der Waals surface area contributed by atoms with Crippen LogP contribution < -0.4 is 31.9 Å². The summed E-state index contributed by atoms with van der Waals surface area (Å²) < 4.78 is 79.1. The summed E-state index contributed by atoms with van der Waals surface area (Å²) in [6.45, 7) is 10.1. The Labute approximate surface area is 408 Å². The minimum atomic E-state index is -4.92. The van der Waals surface area contributed by atoms with Crippen molar-refractivity contribution in [1.82, 2.24) is 0 Å². The first-order chi connectivity index (χ1) is 33.6. The highest BCUT2D eigenvalue weighted by Crippen LogP contribution is 2.44. The topological polar surface area (TPSA) is 266 Å². The van der Waals surface area contributed by atoms with Crippen molar-refractivity contribution in [3.63, 3.8) is 0 Å². The molecule has 0 fully saturated rings.